The molecule has 1 atom stereocenters. The molecule has 0 aliphatic carbocycles. The van der Waals surface area contributed by atoms with E-state index in [1.807, 2.05) is 33.8 Å². The first-order chi connectivity index (χ1) is 13.1. The number of rotatable bonds is 11. The molecule has 0 aliphatic rings. The standard InChI is InChI=1S/C24H32O4/c1-7-24(5,12-8-9-18(4)14-19(25)13-17(2)3)16-23(27)21-11-10-20(28-6)15-22(21)26/h7,9-11,13,15,26H,1,8,12,14,16H2,2-6H3/b18-9+/t24-/m1/s1. The number of benzene rings is 1. The summed E-state index contributed by atoms with van der Waals surface area (Å²) in [7, 11) is 1.51. The molecule has 0 spiro atoms. The van der Waals surface area contributed by atoms with Crippen LogP contribution in [0, 0.1) is 5.41 Å². The molecule has 0 unspecified atom stereocenters. The maximum absolute atomic E-state index is 12.7. The minimum absolute atomic E-state index is 0.0794. The zero-order valence-corrected chi connectivity index (χ0v) is 17.7. The fourth-order valence-electron chi connectivity index (χ4n) is 2.97. The maximum atomic E-state index is 12.7. The maximum Gasteiger partial charge on any atom is 0.167 e. The number of ketones is 2. The third kappa shape index (κ3) is 7.55. The molecule has 0 radical (unpaired) electrons. The van der Waals surface area contributed by atoms with E-state index < -0.39 is 5.41 Å². The second-order valence-electron chi connectivity index (χ2n) is 7.80. The van der Waals surface area contributed by atoms with Crippen LogP contribution in [0.4, 0.5) is 0 Å². The number of carbonyl (C=O) groups is 2. The molecule has 0 heterocycles. The molecule has 0 saturated heterocycles. The monoisotopic (exact) mass is 384 g/mol. The topological polar surface area (TPSA) is 63.6 Å². The summed E-state index contributed by atoms with van der Waals surface area (Å²) in [6.07, 6.45) is 7.64. The highest BCUT2D eigenvalue weighted by molar-refractivity contribution is 5.99. The minimum Gasteiger partial charge on any atom is -0.507 e. The van der Waals surface area contributed by atoms with Crippen LogP contribution in [0.5, 0.6) is 11.5 Å². The summed E-state index contributed by atoms with van der Waals surface area (Å²) < 4.78 is 5.05. The van der Waals surface area contributed by atoms with Crippen molar-refractivity contribution in [1.82, 2.24) is 0 Å². The first kappa shape index (κ1) is 23.4. The Bertz CT molecular complexity index is 782. The molecule has 1 rings (SSSR count). The van der Waals surface area contributed by atoms with Crippen molar-refractivity contribution < 1.29 is 19.4 Å². The molecule has 4 heteroatoms. The van der Waals surface area contributed by atoms with Crippen LogP contribution >= 0.6 is 0 Å². The summed E-state index contributed by atoms with van der Waals surface area (Å²) in [6, 6.07) is 4.68. The second-order valence-corrected chi connectivity index (χ2v) is 7.80. The largest absolute Gasteiger partial charge is 0.507 e. The Kier molecular flexibility index (Phi) is 8.90. The molecule has 0 aliphatic heterocycles. The van der Waals surface area contributed by atoms with Crippen LogP contribution < -0.4 is 4.74 Å². The van der Waals surface area contributed by atoms with E-state index in [-0.39, 0.29) is 29.3 Å². The predicted octanol–water partition coefficient (Wildman–Crippen LogP) is 5.82. The van der Waals surface area contributed by atoms with Crippen LogP contribution in [0.3, 0.4) is 0 Å². The van der Waals surface area contributed by atoms with E-state index in [4.69, 9.17) is 4.74 Å². The number of carbonyl (C=O) groups excluding carboxylic acids is 2. The molecule has 28 heavy (non-hydrogen) atoms. The molecule has 0 amide bonds. The molecule has 1 aromatic rings. The summed E-state index contributed by atoms with van der Waals surface area (Å²) in [5, 5.41) is 10.1. The Morgan fingerprint density at radius 1 is 1.25 bits per heavy atom. The van der Waals surface area contributed by atoms with Crippen LogP contribution in [0.1, 0.15) is 63.7 Å². The van der Waals surface area contributed by atoms with Gasteiger partial charge in [0, 0.05) is 18.9 Å². The Morgan fingerprint density at radius 3 is 2.46 bits per heavy atom. The molecule has 0 fully saturated rings. The summed E-state index contributed by atoms with van der Waals surface area (Å²) >= 11 is 0. The van der Waals surface area contributed by atoms with Crippen molar-refractivity contribution >= 4 is 11.6 Å². The Labute approximate surface area is 168 Å². The number of Topliss-reactive ketones (excluding diaryl/α,β-unsaturated/α-hetero) is 1. The number of aromatic hydroxyl groups is 1. The van der Waals surface area contributed by atoms with Crippen molar-refractivity contribution in [3.63, 3.8) is 0 Å². The SMILES string of the molecule is C=C[C@](C)(CC/C=C(\C)CC(=O)C=C(C)C)CC(=O)c1ccc(OC)cc1O. The van der Waals surface area contributed by atoms with Gasteiger partial charge in [0.15, 0.2) is 11.6 Å². The molecule has 4 nitrogen and oxygen atoms in total. The van der Waals surface area contributed by atoms with E-state index in [0.717, 1.165) is 24.0 Å². The van der Waals surface area contributed by atoms with Crippen molar-refractivity contribution in [2.45, 2.75) is 53.4 Å². The first-order valence-electron chi connectivity index (χ1n) is 9.47. The number of phenolic OH excluding ortho intramolecular Hbond substituents is 1. The summed E-state index contributed by atoms with van der Waals surface area (Å²) in [5.41, 5.74) is 1.91. The van der Waals surface area contributed by atoms with Crippen LogP contribution in [0.2, 0.25) is 0 Å². The summed E-state index contributed by atoms with van der Waals surface area (Å²) in [5.74, 6) is 0.389. The van der Waals surface area contributed by atoms with E-state index in [0.29, 0.717) is 12.2 Å². The van der Waals surface area contributed by atoms with Gasteiger partial charge in [-0.3, -0.25) is 9.59 Å². The average molecular weight is 385 g/mol. The van der Waals surface area contributed by atoms with E-state index in [9.17, 15) is 14.7 Å². The third-order valence-electron chi connectivity index (χ3n) is 4.67. The molecule has 0 bridgehead atoms. The highest BCUT2D eigenvalue weighted by Gasteiger charge is 2.25. The number of hydrogen-bond acceptors (Lipinski definition) is 4. The lowest BCUT2D eigenvalue weighted by Gasteiger charge is -2.24. The molecular formula is C24H32O4. The van der Waals surface area contributed by atoms with Gasteiger partial charge in [0.25, 0.3) is 0 Å². The van der Waals surface area contributed by atoms with Gasteiger partial charge in [-0.05, 0) is 57.2 Å². The number of hydrogen-bond donors (Lipinski definition) is 1. The van der Waals surface area contributed by atoms with Crippen molar-refractivity contribution in [1.29, 1.82) is 0 Å². The van der Waals surface area contributed by atoms with Gasteiger partial charge in [0.1, 0.15) is 11.5 Å². The van der Waals surface area contributed by atoms with Gasteiger partial charge >= 0.3 is 0 Å². The molecule has 1 N–H and O–H groups in total. The Morgan fingerprint density at radius 2 is 1.93 bits per heavy atom. The van der Waals surface area contributed by atoms with Gasteiger partial charge in [-0.2, -0.15) is 0 Å². The summed E-state index contributed by atoms with van der Waals surface area (Å²) in [6.45, 7) is 11.6. The highest BCUT2D eigenvalue weighted by Crippen LogP contribution is 2.33. The van der Waals surface area contributed by atoms with E-state index >= 15 is 0 Å². The minimum atomic E-state index is -0.399. The molecule has 152 valence electrons. The molecule has 1 aromatic carbocycles. The number of phenols is 1. The van der Waals surface area contributed by atoms with E-state index in [2.05, 4.69) is 6.58 Å². The number of allylic oxidation sites excluding steroid dienone is 5. The average Bonchev–Trinajstić information content (AvgIpc) is 2.60. The normalized spacial score (nSPS) is 13.4. The van der Waals surface area contributed by atoms with Crippen molar-refractivity contribution in [3.8, 4) is 11.5 Å². The highest BCUT2D eigenvalue weighted by atomic mass is 16.5. The first-order valence-corrected chi connectivity index (χ1v) is 9.47. The van der Waals surface area contributed by atoms with Crippen LogP contribution in [-0.4, -0.2) is 23.8 Å². The zero-order chi connectivity index (χ0) is 21.3. The quantitative estimate of drug-likeness (QED) is 0.297. The molecular weight excluding hydrogens is 352 g/mol. The lowest BCUT2D eigenvalue weighted by atomic mass is 9.79. The van der Waals surface area contributed by atoms with Crippen LogP contribution in [0.25, 0.3) is 0 Å². The molecule has 0 aromatic heterocycles. The number of methoxy groups -OCH3 is 1. The zero-order valence-electron chi connectivity index (χ0n) is 17.7. The van der Waals surface area contributed by atoms with Crippen molar-refractivity contribution in [2.75, 3.05) is 7.11 Å². The summed E-state index contributed by atoms with van der Waals surface area (Å²) in [4.78, 5) is 24.5. The van der Waals surface area contributed by atoms with Gasteiger partial charge in [-0.15, -0.1) is 6.58 Å². The van der Waals surface area contributed by atoms with Gasteiger partial charge in [-0.1, -0.05) is 30.2 Å². The van der Waals surface area contributed by atoms with Gasteiger partial charge in [0.2, 0.25) is 0 Å². The van der Waals surface area contributed by atoms with Crippen LogP contribution in [0.15, 0.2) is 54.2 Å². The van der Waals surface area contributed by atoms with E-state index in [1.54, 1.807) is 24.3 Å². The molecule has 0 saturated carbocycles. The fraction of sp³-hybridized carbons (Fsp3) is 0.417. The van der Waals surface area contributed by atoms with Crippen molar-refractivity contribution in [3.05, 3.63) is 59.7 Å². The van der Waals surface area contributed by atoms with Gasteiger partial charge in [-0.25, -0.2) is 0 Å². The van der Waals surface area contributed by atoms with Gasteiger partial charge in [0.05, 0.1) is 12.7 Å². The lowest BCUT2D eigenvalue weighted by Crippen LogP contribution is -2.18. The smallest absolute Gasteiger partial charge is 0.167 e. The number of ether oxygens (including phenoxy) is 1. The lowest BCUT2D eigenvalue weighted by molar-refractivity contribution is -0.114. The third-order valence-corrected chi connectivity index (χ3v) is 4.67. The van der Waals surface area contributed by atoms with Gasteiger partial charge < -0.3 is 9.84 Å². The Balaban J connectivity index is 2.73. The van der Waals surface area contributed by atoms with Crippen LogP contribution in [-0.2, 0) is 4.79 Å². The fourth-order valence-corrected chi connectivity index (χ4v) is 2.97. The second kappa shape index (κ2) is 10.6. The Hall–Kier alpha value is -2.62. The van der Waals surface area contributed by atoms with E-state index in [1.165, 1.54) is 13.2 Å². The predicted molar refractivity (Wildman–Crippen MR) is 114 cm³/mol. The van der Waals surface area contributed by atoms with Crippen molar-refractivity contribution in [2.24, 2.45) is 5.41 Å².